The summed E-state index contributed by atoms with van der Waals surface area (Å²) >= 11 is 3.57. The number of thioether (sulfide) groups is 1. The van der Waals surface area contributed by atoms with E-state index in [0.717, 1.165) is 21.4 Å². The molecule has 1 aliphatic rings. The van der Waals surface area contributed by atoms with Gasteiger partial charge in [0.1, 0.15) is 11.0 Å². The first-order chi connectivity index (χ1) is 16.0. The average Bonchev–Trinajstić information content (AvgIpc) is 2.81. The van der Waals surface area contributed by atoms with Crippen molar-refractivity contribution in [1.29, 1.82) is 0 Å². The predicted molar refractivity (Wildman–Crippen MR) is 144 cm³/mol. The fourth-order valence-corrected chi connectivity index (χ4v) is 4.88. The molecule has 0 bridgehead atoms. The lowest BCUT2D eigenvalue weighted by Gasteiger charge is -2.30. The van der Waals surface area contributed by atoms with Crippen molar-refractivity contribution in [2.45, 2.75) is 51.2 Å². The number of ether oxygens (including phenoxy) is 1. The summed E-state index contributed by atoms with van der Waals surface area (Å²) in [6.07, 6.45) is 4.79. The molecule has 2 amide bonds. The molecule has 2 aromatic rings. The predicted octanol–water partition coefficient (Wildman–Crippen LogP) is 6.23. The highest BCUT2D eigenvalue weighted by Gasteiger charge is 2.35. The molecule has 1 saturated heterocycles. The van der Waals surface area contributed by atoms with Crippen LogP contribution in [-0.2, 0) is 9.59 Å². The summed E-state index contributed by atoms with van der Waals surface area (Å²) in [4.78, 5) is 31.9. The Kier molecular flexibility index (Phi) is 10.1. The van der Waals surface area contributed by atoms with Gasteiger partial charge in [-0.3, -0.25) is 14.5 Å². The lowest BCUT2D eigenvalue weighted by atomic mass is 10.2. The minimum atomic E-state index is -0.530. The second-order valence-corrected chi connectivity index (χ2v) is 10.2. The molecular formula is C25H30IN3O3S. The number of carbonyl (C=O) groups is 2. The summed E-state index contributed by atoms with van der Waals surface area (Å²) in [5, 5.41) is 2.95. The zero-order chi connectivity index (χ0) is 23.6. The third-order valence-corrected chi connectivity index (χ3v) is 7.10. The Bertz CT molecular complexity index is 964. The van der Waals surface area contributed by atoms with Crippen molar-refractivity contribution in [3.8, 4) is 5.75 Å². The van der Waals surface area contributed by atoms with E-state index in [4.69, 9.17) is 4.74 Å². The van der Waals surface area contributed by atoms with Crippen molar-refractivity contribution in [1.82, 2.24) is 4.90 Å². The van der Waals surface area contributed by atoms with Gasteiger partial charge in [-0.1, -0.05) is 37.9 Å². The molecule has 1 aliphatic heterocycles. The van der Waals surface area contributed by atoms with Crippen LogP contribution in [0, 0.1) is 3.57 Å². The monoisotopic (exact) mass is 579 g/mol. The molecule has 1 fully saturated rings. The van der Waals surface area contributed by atoms with E-state index in [2.05, 4.69) is 39.8 Å². The number of rotatable bonds is 10. The van der Waals surface area contributed by atoms with Crippen LogP contribution in [0.5, 0.6) is 5.75 Å². The number of hydrogen-bond donors (Lipinski definition) is 1. The van der Waals surface area contributed by atoms with Gasteiger partial charge in [0.15, 0.2) is 5.17 Å². The zero-order valence-electron chi connectivity index (χ0n) is 19.1. The van der Waals surface area contributed by atoms with Crippen LogP contribution < -0.4 is 10.1 Å². The Morgan fingerprint density at radius 3 is 2.52 bits per heavy atom. The van der Waals surface area contributed by atoms with Crippen LogP contribution in [0.3, 0.4) is 0 Å². The van der Waals surface area contributed by atoms with E-state index in [9.17, 15) is 9.59 Å². The molecule has 33 heavy (non-hydrogen) atoms. The molecule has 0 saturated carbocycles. The molecule has 1 unspecified atom stereocenters. The van der Waals surface area contributed by atoms with E-state index in [1.54, 1.807) is 4.90 Å². The number of amidine groups is 1. The summed E-state index contributed by atoms with van der Waals surface area (Å²) in [5.74, 6) is 0.498. The van der Waals surface area contributed by atoms with Crippen LogP contribution in [0.1, 0.15) is 46.0 Å². The largest absolute Gasteiger partial charge is 0.494 e. The second-order valence-electron chi connectivity index (χ2n) is 7.74. The highest BCUT2D eigenvalue weighted by Crippen LogP contribution is 2.30. The number of aliphatic imine (C=N–C) groups is 1. The first-order valence-electron chi connectivity index (χ1n) is 11.3. The van der Waals surface area contributed by atoms with Gasteiger partial charge in [-0.2, -0.15) is 0 Å². The van der Waals surface area contributed by atoms with E-state index >= 15 is 0 Å². The third kappa shape index (κ3) is 7.74. The van der Waals surface area contributed by atoms with Crippen molar-refractivity contribution in [3.63, 3.8) is 0 Å². The van der Waals surface area contributed by atoms with Gasteiger partial charge in [0.05, 0.1) is 12.3 Å². The summed E-state index contributed by atoms with van der Waals surface area (Å²) in [7, 11) is 0. The highest BCUT2D eigenvalue weighted by molar-refractivity contribution is 14.1. The molecule has 176 valence electrons. The lowest BCUT2D eigenvalue weighted by molar-refractivity contribution is -0.129. The van der Waals surface area contributed by atoms with E-state index in [-0.39, 0.29) is 18.2 Å². The number of nitrogens with one attached hydrogen (secondary N) is 1. The number of carbonyl (C=O) groups excluding carboxylic acids is 2. The van der Waals surface area contributed by atoms with Crippen LogP contribution in [0.25, 0.3) is 0 Å². The molecular weight excluding hydrogens is 549 g/mol. The normalized spacial score (nSPS) is 17.3. The smallest absolute Gasteiger partial charge is 0.238 e. The van der Waals surface area contributed by atoms with Crippen LogP contribution >= 0.6 is 34.4 Å². The lowest BCUT2D eigenvalue weighted by Crippen LogP contribution is -2.45. The molecule has 1 atom stereocenters. The van der Waals surface area contributed by atoms with Crippen LogP contribution in [0.15, 0.2) is 53.5 Å². The maximum atomic E-state index is 12.9. The van der Waals surface area contributed by atoms with Crippen molar-refractivity contribution in [2.75, 3.05) is 18.5 Å². The Labute approximate surface area is 213 Å². The fourth-order valence-electron chi connectivity index (χ4n) is 3.35. The van der Waals surface area contributed by atoms with E-state index in [1.807, 2.05) is 55.5 Å². The molecule has 1 N–H and O–H groups in total. The molecule has 3 rings (SSSR count). The van der Waals surface area contributed by atoms with Crippen molar-refractivity contribution >= 4 is 62.7 Å². The molecule has 0 spiro atoms. The number of nitrogens with zero attached hydrogens (tertiary/aromatic N) is 2. The van der Waals surface area contributed by atoms with Gasteiger partial charge in [0, 0.05) is 22.2 Å². The second kappa shape index (κ2) is 13.0. The average molecular weight is 580 g/mol. The van der Waals surface area contributed by atoms with Gasteiger partial charge < -0.3 is 10.1 Å². The Balaban J connectivity index is 1.61. The number of unbranched alkanes of at least 4 members (excludes halogenated alkanes) is 3. The van der Waals surface area contributed by atoms with Gasteiger partial charge >= 0.3 is 0 Å². The first-order valence-corrected chi connectivity index (χ1v) is 13.3. The maximum Gasteiger partial charge on any atom is 0.238 e. The fraction of sp³-hybridized carbons (Fsp3) is 0.400. The Morgan fingerprint density at radius 2 is 1.85 bits per heavy atom. The van der Waals surface area contributed by atoms with Gasteiger partial charge in [-0.15, -0.1) is 0 Å². The molecule has 8 heteroatoms. The molecule has 6 nitrogen and oxygen atoms in total. The molecule has 2 aromatic carbocycles. The summed E-state index contributed by atoms with van der Waals surface area (Å²) in [6, 6.07) is 15.1. The number of hydrogen-bond acceptors (Lipinski definition) is 5. The van der Waals surface area contributed by atoms with Crippen molar-refractivity contribution < 1.29 is 14.3 Å². The van der Waals surface area contributed by atoms with Crippen LogP contribution in [-0.4, -0.2) is 40.3 Å². The highest BCUT2D eigenvalue weighted by atomic mass is 127. The van der Waals surface area contributed by atoms with Crippen molar-refractivity contribution in [2.24, 2.45) is 4.99 Å². The minimum Gasteiger partial charge on any atom is -0.494 e. The van der Waals surface area contributed by atoms with Crippen molar-refractivity contribution in [3.05, 3.63) is 52.1 Å². The number of amides is 2. The molecule has 0 aliphatic carbocycles. The Morgan fingerprint density at radius 1 is 1.12 bits per heavy atom. The van der Waals surface area contributed by atoms with E-state index < -0.39 is 5.25 Å². The first kappa shape index (κ1) is 25.6. The van der Waals surface area contributed by atoms with Gasteiger partial charge in [-0.25, -0.2) is 4.99 Å². The van der Waals surface area contributed by atoms with Gasteiger partial charge in [0.25, 0.3) is 0 Å². The standard InChI is InChI=1S/C25H30IN3O3S/c1-3-5-6-7-16-32-21-14-12-19(13-15-21)27-24(31)22-17-23(30)29(4-2)25(33-22)28-20-10-8-18(26)9-11-20/h8-15,22H,3-7,16-17H2,1-2H3,(H,27,31). The SMILES string of the molecule is CCCCCCOc1ccc(NC(=O)C2CC(=O)N(CC)C(=Nc3ccc(I)cc3)S2)cc1. The summed E-state index contributed by atoms with van der Waals surface area (Å²) in [5.41, 5.74) is 1.44. The van der Waals surface area contributed by atoms with Crippen LogP contribution in [0.2, 0.25) is 0 Å². The quantitative estimate of drug-likeness (QED) is 0.268. The number of benzene rings is 2. The number of anilines is 1. The topological polar surface area (TPSA) is 71.0 Å². The summed E-state index contributed by atoms with van der Waals surface area (Å²) in [6.45, 7) is 5.31. The summed E-state index contributed by atoms with van der Waals surface area (Å²) < 4.78 is 6.87. The van der Waals surface area contributed by atoms with Gasteiger partial charge in [0.2, 0.25) is 11.8 Å². The maximum absolute atomic E-state index is 12.9. The van der Waals surface area contributed by atoms with E-state index in [0.29, 0.717) is 24.0 Å². The molecule has 0 radical (unpaired) electrons. The van der Waals surface area contributed by atoms with Gasteiger partial charge in [-0.05, 0) is 84.5 Å². The number of halogens is 1. The van der Waals surface area contributed by atoms with E-state index in [1.165, 1.54) is 31.0 Å². The molecule has 0 aromatic heterocycles. The minimum absolute atomic E-state index is 0.0903. The Hall–Kier alpha value is -2.07. The molecule has 1 heterocycles. The van der Waals surface area contributed by atoms with Crippen LogP contribution in [0.4, 0.5) is 11.4 Å². The zero-order valence-corrected chi connectivity index (χ0v) is 22.0. The third-order valence-electron chi connectivity index (χ3n) is 5.19.